The number of benzene rings is 3. The first-order valence-electron chi connectivity index (χ1n) is 8.85. The zero-order valence-electron chi connectivity index (χ0n) is 15.3. The SMILES string of the molecule is O=C1OC(c2ccc(Br)cc2)=N/C1=C\c1cccc(OC(=O)c2ccccc2F)c1. The lowest BCUT2D eigenvalue weighted by atomic mass is 10.2. The Bertz CT molecular complexity index is 1200. The third-order valence-electron chi connectivity index (χ3n) is 4.18. The Balaban J connectivity index is 1.56. The topological polar surface area (TPSA) is 65.0 Å². The summed E-state index contributed by atoms with van der Waals surface area (Å²) in [5.74, 6) is -1.64. The molecule has 0 atom stereocenters. The van der Waals surface area contributed by atoms with E-state index in [1.807, 2.05) is 12.1 Å². The van der Waals surface area contributed by atoms with Gasteiger partial charge in [-0.2, -0.15) is 0 Å². The van der Waals surface area contributed by atoms with Gasteiger partial charge >= 0.3 is 11.9 Å². The zero-order valence-corrected chi connectivity index (χ0v) is 16.9. The summed E-state index contributed by atoms with van der Waals surface area (Å²) >= 11 is 3.35. The molecule has 0 amide bonds. The van der Waals surface area contributed by atoms with E-state index in [1.54, 1.807) is 42.5 Å². The van der Waals surface area contributed by atoms with E-state index in [4.69, 9.17) is 9.47 Å². The van der Waals surface area contributed by atoms with E-state index in [-0.39, 0.29) is 22.9 Å². The van der Waals surface area contributed by atoms with Gasteiger partial charge in [0.15, 0.2) is 5.70 Å². The van der Waals surface area contributed by atoms with Crippen LogP contribution in [0.15, 0.2) is 88.0 Å². The maximum absolute atomic E-state index is 13.8. The van der Waals surface area contributed by atoms with Crippen LogP contribution in [0.1, 0.15) is 21.5 Å². The van der Waals surface area contributed by atoms with E-state index in [9.17, 15) is 14.0 Å². The lowest BCUT2D eigenvalue weighted by molar-refractivity contribution is -0.129. The number of carbonyl (C=O) groups is 2. The van der Waals surface area contributed by atoms with Gasteiger partial charge < -0.3 is 9.47 Å². The number of ether oxygens (including phenoxy) is 2. The van der Waals surface area contributed by atoms with Gasteiger partial charge in [-0.05, 0) is 60.2 Å². The molecule has 30 heavy (non-hydrogen) atoms. The molecular formula is C23H13BrFNO4. The van der Waals surface area contributed by atoms with Crippen LogP contribution in [0.3, 0.4) is 0 Å². The average molecular weight is 466 g/mol. The molecule has 0 spiro atoms. The van der Waals surface area contributed by atoms with Crippen LogP contribution in [0, 0.1) is 5.82 Å². The summed E-state index contributed by atoms with van der Waals surface area (Å²) in [6.07, 6.45) is 1.52. The maximum atomic E-state index is 13.8. The fourth-order valence-corrected chi connectivity index (χ4v) is 3.00. The largest absolute Gasteiger partial charge is 0.423 e. The van der Waals surface area contributed by atoms with E-state index in [0.717, 1.165) is 4.47 Å². The van der Waals surface area contributed by atoms with E-state index in [2.05, 4.69) is 20.9 Å². The minimum absolute atomic E-state index is 0.116. The van der Waals surface area contributed by atoms with Crippen molar-refractivity contribution in [3.05, 3.63) is 105 Å². The average Bonchev–Trinajstić information content (AvgIpc) is 3.09. The highest BCUT2D eigenvalue weighted by atomic mass is 79.9. The first-order valence-corrected chi connectivity index (χ1v) is 9.64. The molecule has 0 unspecified atom stereocenters. The summed E-state index contributed by atoms with van der Waals surface area (Å²) < 4.78 is 25.1. The second kappa shape index (κ2) is 8.42. The quantitative estimate of drug-likeness (QED) is 0.303. The predicted molar refractivity (Wildman–Crippen MR) is 113 cm³/mol. The van der Waals surface area contributed by atoms with Crippen LogP contribution in [0.4, 0.5) is 4.39 Å². The van der Waals surface area contributed by atoms with E-state index < -0.39 is 17.8 Å². The summed E-state index contributed by atoms with van der Waals surface area (Å²) in [5, 5.41) is 0. The second-order valence-electron chi connectivity index (χ2n) is 6.28. The third-order valence-corrected chi connectivity index (χ3v) is 4.71. The summed E-state index contributed by atoms with van der Waals surface area (Å²) in [4.78, 5) is 28.6. The van der Waals surface area contributed by atoms with Gasteiger partial charge in [-0.3, -0.25) is 0 Å². The Morgan fingerprint density at radius 3 is 2.57 bits per heavy atom. The molecular weight excluding hydrogens is 453 g/mol. The molecule has 0 aromatic heterocycles. The van der Waals surface area contributed by atoms with Crippen molar-refractivity contribution in [2.24, 2.45) is 4.99 Å². The minimum Gasteiger partial charge on any atom is -0.423 e. The molecule has 3 aromatic carbocycles. The molecule has 0 saturated heterocycles. The molecule has 1 heterocycles. The van der Waals surface area contributed by atoms with E-state index in [0.29, 0.717) is 11.1 Å². The monoisotopic (exact) mass is 465 g/mol. The van der Waals surface area contributed by atoms with Gasteiger partial charge in [-0.15, -0.1) is 0 Å². The smallest absolute Gasteiger partial charge is 0.363 e. The number of hydrogen-bond acceptors (Lipinski definition) is 5. The van der Waals surface area contributed by atoms with Gasteiger partial charge in [0, 0.05) is 10.0 Å². The number of rotatable bonds is 4. The highest BCUT2D eigenvalue weighted by molar-refractivity contribution is 9.10. The molecule has 4 rings (SSSR count). The Kier molecular flexibility index (Phi) is 5.54. The van der Waals surface area contributed by atoms with Crippen molar-refractivity contribution in [1.82, 2.24) is 0 Å². The molecule has 0 saturated carbocycles. The van der Waals surface area contributed by atoms with Crippen LogP contribution in [-0.4, -0.2) is 17.8 Å². The van der Waals surface area contributed by atoms with Gasteiger partial charge in [-0.25, -0.2) is 19.0 Å². The highest BCUT2D eigenvalue weighted by Crippen LogP contribution is 2.23. The molecule has 148 valence electrons. The van der Waals surface area contributed by atoms with E-state index >= 15 is 0 Å². The first-order chi connectivity index (χ1) is 14.5. The minimum atomic E-state index is -0.811. The van der Waals surface area contributed by atoms with Crippen LogP contribution in [0.2, 0.25) is 0 Å². The number of cyclic esters (lactones) is 1. The number of esters is 2. The van der Waals surface area contributed by atoms with Gasteiger partial charge in [0.05, 0.1) is 5.56 Å². The van der Waals surface area contributed by atoms with Crippen molar-refractivity contribution in [3.63, 3.8) is 0 Å². The van der Waals surface area contributed by atoms with Crippen molar-refractivity contribution < 1.29 is 23.5 Å². The third kappa shape index (κ3) is 4.36. The summed E-state index contributed by atoms with van der Waals surface area (Å²) in [6.45, 7) is 0. The van der Waals surface area contributed by atoms with Crippen LogP contribution in [0.25, 0.3) is 6.08 Å². The number of carbonyl (C=O) groups excluding carboxylic acids is 2. The van der Waals surface area contributed by atoms with Crippen LogP contribution in [-0.2, 0) is 9.53 Å². The molecule has 0 fully saturated rings. The lowest BCUT2D eigenvalue weighted by Gasteiger charge is -2.06. The second-order valence-corrected chi connectivity index (χ2v) is 7.20. The van der Waals surface area contributed by atoms with Gasteiger partial charge in [0.2, 0.25) is 5.90 Å². The Morgan fingerprint density at radius 1 is 1.03 bits per heavy atom. The molecule has 7 heteroatoms. The van der Waals surface area contributed by atoms with Gasteiger partial charge in [0.25, 0.3) is 0 Å². The van der Waals surface area contributed by atoms with Gasteiger partial charge in [-0.1, -0.05) is 40.2 Å². The summed E-state index contributed by atoms with van der Waals surface area (Å²) in [5.41, 5.74) is 1.19. The van der Waals surface area contributed by atoms with Gasteiger partial charge in [0.1, 0.15) is 11.6 Å². The molecule has 0 N–H and O–H groups in total. The van der Waals surface area contributed by atoms with Crippen molar-refractivity contribution in [3.8, 4) is 5.75 Å². The summed E-state index contributed by atoms with van der Waals surface area (Å²) in [6, 6.07) is 19.2. The fourth-order valence-electron chi connectivity index (χ4n) is 2.74. The van der Waals surface area contributed by atoms with Crippen LogP contribution >= 0.6 is 15.9 Å². The van der Waals surface area contributed by atoms with Crippen LogP contribution in [0.5, 0.6) is 5.75 Å². The molecule has 0 bridgehead atoms. The first kappa shape index (κ1) is 19.7. The zero-order chi connectivity index (χ0) is 21.1. The van der Waals surface area contributed by atoms with Crippen molar-refractivity contribution in [1.29, 1.82) is 0 Å². The number of hydrogen-bond donors (Lipinski definition) is 0. The molecule has 5 nitrogen and oxygen atoms in total. The molecule has 1 aliphatic heterocycles. The molecule has 0 aliphatic carbocycles. The van der Waals surface area contributed by atoms with Crippen molar-refractivity contribution in [2.75, 3.05) is 0 Å². The summed E-state index contributed by atoms with van der Waals surface area (Å²) in [7, 11) is 0. The standard InChI is InChI=1S/C23H13BrFNO4/c24-16-10-8-15(9-11-16)21-26-20(23(28)30-21)13-14-4-3-5-17(12-14)29-22(27)18-6-1-2-7-19(18)25/h1-13H/b20-13-. The highest BCUT2D eigenvalue weighted by Gasteiger charge is 2.24. The Labute approximate surface area is 179 Å². The maximum Gasteiger partial charge on any atom is 0.363 e. The molecule has 3 aromatic rings. The fraction of sp³-hybridized carbons (Fsp3) is 0. The van der Waals surface area contributed by atoms with Crippen molar-refractivity contribution >= 4 is 39.8 Å². The van der Waals surface area contributed by atoms with Crippen LogP contribution < -0.4 is 4.74 Å². The lowest BCUT2D eigenvalue weighted by Crippen LogP contribution is -2.10. The Hall–Kier alpha value is -3.58. The predicted octanol–water partition coefficient (Wildman–Crippen LogP) is 5.15. The van der Waals surface area contributed by atoms with E-state index in [1.165, 1.54) is 24.3 Å². The number of aliphatic imine (C=N–C) groups is 1. The molecule has 0 radical (unpaired) electrons. The number of nitrogens with zero attached hydrogens (tertiary/aromatic N) is 1. The molecule has 1 aliphatic rings. The Morgan fingerprint density at radius 2 is 1.80 bits per heavy atom. The normalized spacial score (nSPS) is 14.4. The van der Waals surface area contributed by atoms with Crippen molar-refractivity contribution in [2.45, 2.75) is 0 Å². The number of halogens is 2.